The fraction of sp³-hybridized carbons (Fsp3) is 0.190. The van der Waals surface area contributed by atoms with Crippen LogP contribution in [0.4, 0.5) is 17.5 Å². The number of primary amides is 1. The van der Waals surface area contributed by atoms with Gasteiger partial charge in [0, 0.05) is 17.9 Å². The molecule has 4 N–H and O–H groups in total. The zero-order chi connectivity index (χ0) is 22.4. The van der Waals surface area contributed by atoms with Crippen LogP contribution >= 0.6 is 0 Å². The average molecular weight is 442 g/mol. The first-order valence-electron chi connectivity index (χ1n) is 9.55. The number of benzene rings is 2. The third kappa shape index (κ3) is 5.92. The molecule has 0 saturated heterocycles. The normalized spacial score (nSPS) is 12.1. The molecule has 1 amide bonds. The average Bonchev–Trinajstić information content (AvgIpc) is 2.75. The van der Waals surface area contributed by atoms with Gasteiger partial charge >= 0.3 is 10.1 Å². The fourth-order valence-electron chi connectivity index (χ4n) is 2.69. The molecule has 1 atom stereocenters. The molecule has 0 aliphatic rings. The minimum Gasteiger partial charge on any atom is -0.382 e. The van der Waals surface area contributed by atoms with Crippen LogP contribution in [0.2, 0.25) is 0 Å². The van der Waals surface area contributed by atoms with Crippen LogP contribution in [-0.4, -0.2) is 30.0 Å². The van der Waals surface area contributed by atoms with Crippen LogP contribution in [0.5, 0.6) is 5.75 Å². The molecule has 162 valence electrons. The van der Waals surface area contributed by atoms with Crippen LogP contribution in [-0.2, 0) is 10.1 Å². The Morgan fingerprint density at radius 2 is 1.81 bits per heavy atom. The number of nitrogens with one attached hydrogen (secondary N) is 2. The maximum atomic E-state index is 11.8. The lowest BCUT2D eigenvalue weighted by molar-refractivity contribution is 0.100. The number of hydrogen-bond acceptors (Lipinski definition) is 8. The Morgan fingerprint density at radius 1 is 1.13 bits per heavy atom. The molecule has 0 aliphatic heterocycles. The van der Waals surface area contributed by atoms with E-state index >= 15 is 0 Å². The van der Waals surface area contributed by atoms with E-state index in [1.54, 1.807) is 12.1 Å². The lowest BCUT2D eigenvalue weighted by Gasteiger charge is -2.17. The monoisotopic (exact) mass is 441 g/mol. The van der Waals surface area contributed by atoms with Crippen molar-refractivity contribution in [1.82, 2.24) is 9.97 Å². The van der Waals surface area contributed by atoms with Crippen molar-refractivity contribution in [1.29, 1.82) is 0 Å². The molecule has 3 aromatic rings. The standard InChI is InChI=1S/C21H23N5O4S/c1-3-31(28,29)30-17-11-9-16(10-12-17)25-21-23-13-18(19(22)27)20(26-21)24-14(2)15-7-5-4-6-8-15/h4-14H,3H2,1-2H3,(H2,22,27)(H2,23,24,25,26)/t14-/m1/s1. The van der Waals surface area contributed by atoms with E-state index in [2.05, 4.69) is 20.6 Å². The SMILES string of the molecule is CCS(=O)(=O)Oc1ccc(Nc2ncc(C(N)=O)c(N[C@H](C)c3ccccc3)n2)cc1. The van der Waals surface area contributed by atoms with Gasteiger partial charge in [-0.3, -0.25) is 4.79 Å². The smallest absolute Gasteiger partial charge is 0.308 e. The van der Waals surface area contributed by atoms with Gasteiger partial charge in [-0.05, 0) is 43.7 Å². The van der Waals surface area contributed by atoms with Crippen molar-refractivity contribution >= 4 is 33.5 Å². The summed E-state index contributed by atoms with van der Waals surface area (Å²) >= 11 is 0. The summed E-state index contributed by atoms with van der Waals surface area (Å²) in [5.41, 5.74) is 7.26. The van der Waals surface area contributed by atoms with E-state index in [-0.39, 0.29) is 29.1 Å². The van der Waals surface area contributed by atoms with Gasteiger partial charge in [0.2, 0.25) is 5.95 Å². The molecular formula is C21H23N5O4S. The Morgan fingerprint density at radius 3 is 2.42 bits per heavy atom. The number of carbonyl (C=O) groups excluding carboxylic acids is 1. The van der Waals surface area contributed by atoms with Crippen LogP contribution in [0, 0.1) is 0 Å². The molecule has 9 nitrogen and oxygen atoms in total. The molecule has 0 unspecified atom stereocenters. The van der Waals surface area contributed by atoms with Crippen LogP contribution in [0.3, 0.4) is 0 Å². The molecule has 31 heavy (non-hydrogen) atoms. The summed E-state index contributed by atoms with van der Waals surface area (Å²) in [5, 5.41) is 6.21. The summed E-state index contributed by atoms with van der Waals surface area (Å²) in [4.78, 5) is 20.3. The van der Waals surface area contributed by atoms with Crippen LogP contribution < -0.4 is 20.6 Å². The lowest BCUT2D eigenvalue weighted by atomic mass is 10.1. The molecule has 0 radical (unpaired) electrons. The van der Waals surface area contributed by atoms with Gasteiger partial charge in [0.25, 0.3) is 5.91 Å². The van der Waals surface area contributed by atoms with E-state index in [1.165, 1.54) is 25.3 Å². The molecule has 0 saturated carbocycles. The van der Waals surface area contributed by atoms with Gasteiger partial charge < -0.3 is 20.6 Å². The van der Waals surface area contributed by atoms with Gasteiger partial charge in [-0.1, -0.05) is 30.3 Å². The summed E-state index contributed by atoms with van der Waals surface area (Å²) in [6, 6.07) is 15.9. The molecule has 10 heteroatoms. The molecule has 1 heterocycles. The summed E-state index contributed by atoms with van der Waals surface area (Å²) in [5.74, 6) is -0.0214. The Balaban J connectivity index is 1.79. The molecule has 0 aliphatic carbocycles. The van der Waals surface area contributed by atoms with Crippen molar-refractivity contribution in [3.05, 3.63) is 71.9 Å². The molecule has 3 rings (SSSR count). The zero-order valence-electron chi connectivity index (χ0n) is 17.1. The highest BCUT2D eigenvalue weighted by Gasteiger charge is 2.15. The van der Waals surface area contributed by atoms with E-state index in [9.17, 15) is 13.2 Å². The zero-order valence-corrected chi connectivity index (χ0v) is 17.9. The number of hydrogen-bond donors (Lipinski definition) is 3. The highest BCUT2D eigenvalue weighted by molar-refractivity contribution is 7.87. The van der Waals surface area contributed by atoms with Gasteiger partial charge in [0.1, 0.15) is 11.6 Å². The second-order valence-electron chi connectivity index (χ2n) is 6.68. The summed E-state index contributed by atoms with van der Waals surface area (Å²) in [6.45, 7) is 3.45. The topological polar surface area (TPSA) is 136 Å². The van der Waals surface area contributed by atoms with Gasteiger partial charge in [-0.15, -0.1) is 0 Å². The van der Waals surface area contributed by atoms with Crippen molar-refractivity contribution in [3.8, 4) is 5.75 Å². The fourth-order valence-corrected chi connectivity index (χ4v) is 3.21. The lowest BCUT2D eigenvalue weighted by Crippen LogP contribution is -2.18. The molecule has 0 spiro atoms. The number of anilines is 3. The molecule has 1 aromatic heterocycles. The van der Waals surface area contributed by atoms with E-state index < -0.39 is 16.0 Å². The van der Waals surface area contributed by atoms with Crippen molar-refractivity contribution in [2.75, 3.05) is 16.4 Å². The minimum absolute atomic E-state index is 0.121. The summed E-state index contributed by atoms with van der Waals surface area (Å²) in [7, 11) is -3.59. The molecule has 0 fully saturated rings. The van der Waals surface area contributed by atoms with Crippen LogP contribution in [0.1, 0.15) is 35.8 Å². The Bertz CT molecular complexity index is 1150. The Kier molecular flexibility index (Phi) is 6.71. The van der Waals surface area contributed by atoms with Crippen molar-refractivity contribution in [3.63, 3.8) is 0 Å². The van der Waals surface area contributed by atoms with Crippen LogP contribution in [0.15, 0.2) is 60.8 Å². The number of nitrogens with two attached hydrogens (primary N) is 1. The number of amides is 1. The predicted molar refractivity (Wildman–Crippen MR) is 119 cm³/mol. The number of aromatic nitrogens is 2. The van der Waals surface area contributed by atoms with Crippen molar-refractivity contribution in [2.24, 2.45) is 5.73 Å². The maximum Gasteiger partial charge on any atom is 0.308 e. The summed E-state index contributed by atoms with van der Waals surface area (Å²) < 4.78 is 28.1. The van der Waals surface area contributed by atoms with Gasteiger partial charge in [0.05, 0.1) is 11.3 Å². The van der Waals surface area contributed by atoms with Crippen molar-refractivity contribution < 1.29 is 17.4 Å². The first kappa shape index (κ1) is 22.0. The van der Waals surface area contributed by atoms with Gasteiger partial charge in [0.15, 0.2) is 0 Å². The highest BCUT2D eigenvalue weighted by Crippen LogP contribution is 2.24. The molecular weight excluding hydrogens is 418 g/mol. The third-order valence-electron chi connectivity index (χ3n) is 4.39. The highest BCUT2D eigenvalue weighted by atomic mass is 32.2. The number of nitrogens with zero attached hydrogens (tertiary/aromatic N) is 2. The molecule has 2 aromatic carbocycles. The van der Waals surface area contributed by atoms with Gasteiger partial charge in [-0.25, -0.2) is 4.98 Å². The largest absolute Gasteiger partial charge is 0.382 e. The molecule has 0 bridgehead atoms. The van der Waals surface area contributed by atoms with Gasteiger partial charge in [-0.2, -0.15) is 13.4 Å². The summed E-state index contributed by atoms with van der Waals surface area (Å²) in [6.07, 6.45) is 1.35. The Hall–Kier alpha value is -3.66. The second kappa shape index (κ2) is 9.43. The minimum atomic E-state index is -3.59. The Labute approximate surface area is 180 Å². The first-order chi connectivity index (χ1) is 14.8. The number of carbonyl (C=O) groups is 1. The second-order valence-corrected chi connectivity index (χ2v) is 8.54. The first-order valence-corrected chi connectivity index (χ1v) is 11.1. The van der Waals surface area contributed by atoms with E-state index in [0.717, 1.165) is 5.56 Å². The number of rotatable bonds is 9. The van der Waals surface area contributed by atoms with Crippen molar-refractivity contribution in [2.45, 2.75) is 19.9 Å². The van der Waals surface area contributed by atoms with E-state index in [4.69, 9.17) is 9.92 Å². The maximum absolute atomic E-state index is 11.8. The van der Waals surface area contributed by atoms with E-state index in [0.29, 0.717) is 11.5 Å². The third-order valence-corrected chi connectivity index (χ3v) is 5.55. The predicted octanol–water partition coefficient (Wildman–Crippen LogP) is 3.22. The van der Waals surface area contributed by atoms with E-state index in [1.807, 2.05) is 37.3 Å². The van der Waals surface area contributed by atoms with Crippen LogP contribution in [0.25, 0.3) is 0 Å². The quantitative estimate of drug-likeness (QED) is 0.431.